The van der Waals surface area contributed by atoms with Crippen molar-refractivity contribution < 1.29 is 14.3 Å². The van der Waals surface area contributed by atoms with Gasteiger partial charge in [-0.05, 0) is 37.0 Å². The molecule has 1 N–H and O–H groups in total. The molecule has 5 heteroatoms. The van der Waals surface area contributed by atoms with Crippen molar-refractivity contribution in [3.63, 3.8) is 0 Å². The number of carbonyl (C=O) groups is 2. The smallest absolute Gasteiger partial charge is 0.305 e. The summed E-state index contributed by atoms with van der Waals surface area (Å²) in [5.41, 5.74) is 1.16. The highest BCUT2D eigenvalue weighted by atomic mass is 35.5. The summed E-state index contributed by atoms with van der Waals surface area (Å²) >= 11 is 5.83. The van der Waals surface area contributed by atoms with Crippen LogP contribution >= 0.6 is 11.6 Å². The largest absolute Gasteiger partial charge is 0.464 e. The van der Waals surface area contributed by atoms with Crippen LogP contribution in [0.3, 0.4) is 0 Å². The van der Waals surface area contributed by atoms with Crippen LogP contribution in [-0.4, -0.2) is 25.0 Å². The van der Waals surface area contributed by atoms with Crippen molar-refractivity contribution >= 4 is 23.5 Å². The minimum Gasteiger partial charge on any atom is -0.464 e. The summed E-state index contributed by atoms with van der Waals surface area (Å²) < 4.78 is 5.12. The van der Waals surface area contributed by atoms with Gasteiger partial charge in [0.25, 0.3) is 0 Å². The molecule has 24 heavy (non-hydrogen) atoms. The number of hydrogen-bond donors (Lipinski definition) is 1. The molecule has 0 saturated heterocycles. The minimum absolute atomic E-state index is 0.0323. The molecule has 0 saturated carbocycles. The van der Waals surface area contributed by atoms with Crippen molar-refractivity contribution in [3.8, 4) is 0 Å². The number of amides is 1. The summed E-state index contributed by atoms with van der Waals surface area (Å²) in [5.74, 6) is -0.189. The Bertz CT molecular complexity index is 488. The number of esters is 1. The summed E-state index contributed by atoms with van der Waals surface area (Å²) in [4.78, 5) is 23.2. The van der Waals surface area contributed by atoms with E-state index in [1.807, 2.05) is 24.3 Å². The van der Waals surface area contributed by atoms with Gasteiger partial charge in [-0.15, -0.1) is 0 Å². The number of benzene rings is 1. The third kappa shape index (κ3) is 10.3. The van der Waals surface area contributed by atoms with Crippen molar-refractivity contribution in [3.05, 3.63) is 34.9 Å². The Morgan fingerprint density at radius 1 is 1.04 bits per heavy atom. The summed E-state index contributed by atoms with van der Waals surface area (Å²) in [6.07, 6.45) is 6.83. The molecule has 134 valence electrons. The van der Waals surface area contributed by atoms with E-state index in [0.29, 0.717) is 24.4 Å². The second-order valence-corrected chi connectivity index (χ2v) is 6.30. The summed E-state index contributed by atoms with van der Waals surface area (Å²) in [6.45, 7) is 2.76. The van der Waals surface area contributed by atoms with E-state index in [2.05, 4.69) is 12.2 Å². The highest BCUT2D eigenvalue weighted by molar-refractivity contribution is 6.30. The van der Waals surface area contributed by atoms with Gasteiger partial charge < -0.3 is 10.1 Å². The summed E-state index contributed by atoms with van der Waals surface area (Å²) in [7, 11) is 0. The van der Waals surface area contributed by atoms with E-state index in [-0.39, 0.29) is 18.5 Å². The lowest BCUT2D eigenvalue weighted by Crippen LogP contribution is -2.27. The number of aryl methyl sites for hydroxylation is 1. The molecule has 0 aliphatic carbocycles. The second-order valence-electron chi connectivity index (χ2n) is 5.86. The molecule has 1 amide bonds. The van der Waals surface area contributed by atoms with E-state index in [4.69, 9.17) is 16.3 Å². The lowest BCUT2D eigenvalue weighted by atomic mass is 10.1. The fraction of sp³-hybridized carbons (Fsp3) is 0.579. The van der Waals surface area contributed by atoms with Crippen LogP contribution in [0, 0.1) is 0 Å². The first-order valence-electron chi connectivity index (χ1n) is 8.78. The van der Waals surface area contributed by atoms with Crippen LogP contribution < -0.4 is 5.32 Å². The maximum atomic E-state index is 11.6. The second kappa shape index (κ2) is 12.8. The van der Waals surface area contributed by atoms with Gasteiger partial charge in [0.05, 0.1) is 6.54 Å². The normalized spacial score (nSPS) is 10.4. The van der Waals surface area contributed by atoms with Gasteiger partial charge in [-0.2, -0.15) is 0 Å². The molecule has 0 heterocycles. The van der Waals surface area contributed by atoms with E-state index in [1.165, 1.54) is 6.42 Å². The average Bonchev–Trinajstić information content (AvgIpc) is 2.57. The van der Waals surface area contributed by atoms with Crippen LogP contribution in [-0.2, 0) is 20.7 Å². The number of carbonyl (C=O) groups excluding carboxylic acids is 2. The van der Waals surface area contributed by atoms with Gasteiger partial charge in [0.15, 0.2) is 0 Å². The van der Waals surface area contributed by atoms with Crippen LogP contribution in [0.4, 0.5) is 0 Å². The zero-order valence-corrected chi connectivity index (χ0v) is 15.2. The quantitative estimate of drug-likeness (QED) is 0.450. The van der Waals surface area contributed by atoms with Gasteiger partial charge >= 0.3 is 5.97 Å². The van der Waals surface area contributed by atoms with Crippen LogP contribution in [0.2, 0.25) is 5.02 Å². The van der Waals surface area contributed by atoms with Crippen LogP contribution in [0.5, 0.6) is 0 Å². The molecule has 0 aromatic heterocycles. The Morgan fingerprint density at radius 3 is 2.50 bits per heavy atom. The fourth-order valence-electron chi connectivity index (χ4n) is 2.32. The molecule has 0 aliphatic heterocycles. The highest BCUT2D eigenvalue weighted by Crippen LogP contribution is 2.11. The minimum atomic E-state index is -0.221. The molecule has 4 nitrogen and oxygen atoms in total. The van der Waals surface area contributed by atoms with Crippen LogP contribution in [0.25, 0.3) is 0 Å². The van der Waals surface area contributed by atoms with Gasteiger partial charge in [0, 0.05) is 17.9 Å². The maximum absolute atomic E-state index is 11.6. The van der Waals surface area contributed by atoms with Gasteiger partial charge in [0.2, 0.25) is 5.91 Å². The van der Waals surface area contributed by atoms with Crippen LogP contribution in [0.1, 0.15) is 57.4 Å². The number of halogens is 1. The first-order valence-corrected chi connectivity index (χ1v) is 9.16. The van der Waals surface area contributed by atoms with Gasteiger partial charge in [0.1, 0.15) is 6.61 Å². The number of unbranched alkanes of at least 4 members (excludes halogenated alkanes) is 3. The Kier molecular flexibility index (Phi) is 10.9. The van der Waals surface area contributed by atoms with Crippen LogP contribution in [0.15, 0.2) is 24.3 Å². The van der Waals surface area contributed by atoms with E-state index < -0.39 is 0 Å². The van der Waals surface area contributed by atoms with E-state index in [9.17, 15) is 9.59 Å². The molecule has 0 bridgehead atoms. The number of ether oxygens (including phenoxy) is 1. The molecule has 1 aromatic rings. The topological polar surface area (TPSA) is 55.4 Å². The van der Waals surface area contributed by atoms with Gasteiger partial charge in [-0.1, -0.05) is 49.9 Å². The van der Waals surface area contributed by atoms with Crippen molar-refractivity contribution in [1.29, 1.82) is 0 Å². The van der Waals surface area contributed by atoms with Crippen molar-refractivity contribution in [1.82, 2.24) is 5.32 Å². The monoisotopic (exact) mass is 353 g/mol. The number of hydrogen-bond acceptors (Lipinski definition) is 3. The Labute approximate surface area is 149 Å². The molecule has 0 aliphatic rings. The van der Waals surface area contributed by atoms with E-state index in [1.54, 1.807) is 0 Å². The molecule has 0 fully saturated rings. The summed E-state index contributed by atoms with van der Waals surface area (Å²) in [5, 5.41) is 3.49. The molecule has 1 rings (SSSR count). The summed E-state index contributed by atoms with van der Waals surface area (Å²) in [6, 6.07) is 7.62. The zero-order valence-electron chi connectivity index (χ0n) is 14.5. The Morgan fingerprint density at radius 2 is 1.79 bits per heavy atom. The first kappa shape index (κ1) is 20.5. The molecule has 0 spiro atoms. The van der Waals surface area contributed by atoms with Crippen molar-refractivity contribution in [2.45, 2.75) is 58.3 Å². The maximum Gasteiger partial charge on any atom is 0.305 e. The molecular weight excluding hydrogens is 326 g/mol. The predicted octanol–water partition coefficient (Wildman–Crippen LogP) is 4.29. The van der Waals surface area contributed by atoms with Gasteiger partial charge in [-0.3, -0.25) is 9.59 Å². The standard InChI is InChI=1S/C19H28ClNO3/c1-2-3-4-5-8-18(22)21-14-15-24-19(23)9-6-7-16-10-12-17(20)13-11-16/h10-13H,2-9,14-15H2,1H3,(H,21,22). The number of nitrogens with one attached hydrogen (secondary N) is 1. The highest BCUT2D eigenvalue weighted by Gasteiger charge is 2.04. The number of rotatable bonds is 12. The fourth-order valence-corrected chi connectivity index (χ4v) is 2.44. The SMILES string of the molecule is CCCCCCC(=O)NCCOC(=O)CCCc1ccc(Cl)cc1. The third-order valence-corrected chi connectivity index (χ3v) is 3.96. The van der Waals surface area contributed by atoms with E-state index >= 15 is 0 Å². The van der Waals surface area contributed by atoms with Gasteiger partial charge in [-0.25, -0.2) is 0 Å². The third-order valence-electron chi connectivity index (χ3n) is 3.70. The average molecular weight is 354 g/mol. The predicted molar refractivity (Wildman–Crippen MR) is 97.1 cm³/mol. The van der Waals surface area contributed by atoms with E-state index in [0.717, 1.165) is 37.7 Å². The lowest BCUT2D eigenvalue weighted by Gasteiger charge is -2.07. The Balaban J connectivity index is 1.99. The lowest BCUT2D eigenvalue weighted by molar-refractivity contribution is -0.144. The molecular formula is C19H28ClNO3. The first-order chi connectivity index (χ1) is 11.6. The molecule has 1 aromatic carbocycles. The molecule has 0 atom stereocenters. The van der Waals surface area contributed by atoms with Crippen molar-refractivity contribution in [2.24, 2.45) is 0 Å². The zero-order chi connectivity index (χ0) is 17.6. The Hall–Kier alpha value is -1.55. The molecule has 0 radical (unpaired) electrons. The van der Waals surface area contributed by atoms with Crippen molar-refractivity contribution in [2.75, 3.05) is 13.2 Å². The molecule has 0 unspecified atom stereocenters.